The molecule has 1 aromatic carbocycles. The molecule has 0 fully saturated rings. The third kappa shape index (κ3) is 2.69. The highest BCUT2D eigenvalue weighted by Gasteiger charge is 2.16. The van der Waals surface area contributed by atoms with Crippen LogP contribution in [0.25, 0.3) is 0 Å². The van der Waals surface area contributed by atoms with Crippen molar-refractivity contribution in [1.82, 2.24) is 0 Å². The Hall–Kier alpha value is -2.07. The monoisotopic (exact) mass is 210 g/mol. The topological polar surface area (TPSA) is 72.6 Å². The molecule has 0 unspecified atom stereocenters. The SMILES string of the molecule is O=C=NCCc1cccc([N+](=O)[O-])c1F. The summed E-state index contributed by atoms with van der Waals surface area (Å²) in [4.78, 5) is 22.6. The van der Waals surface area contributed by atoms with E-state index >= 15 is 0 Å². The van der Waals surface area contributed by atoms with Crippen LogP contribution in [0.3, 0.4) is 0 Å². The first-order valence-electron chi connectivity index (χ1n) is 4.12. The Kier molecular flexibility index (Phi) is 3.65. The molecule has 15 heavy (non-hydrogen) atoms. The van der Waals surface area contributed by atoms with E-state index in [0.717, 1.165) is 6.07 Å². The number of nitro benzene ring substituents is 1. The second-order valence-electron chi connectivity index (χ2n) is 2.73. The van der Waals surface area contributed by atoms with E-state index in [2.05, 4.69) is 4.99 Å². The maximum absolute atomic E-state index is 13.4. The number of carbonyl (C=O) groups excluding carboxylic acids is 1. The average Bonchev–Trinajstić information content (AvgIpc) is 2.20. The molecule has 0 atom stereocenters. The highest BCUT2D eigenvalue weighted by Crippen LogP contribution is 2.20. The minimum atomic E-state index is -0.872. The lowest BCUT2D eigenvalue weighted by molar-refractivity contribution is -0.387. The van der Waals surface area contributed by atoms with Gasteiger partial charge in [0.2, 0.25) is 11.9 Å². The lowest BCUT2D eigenvalue weighted by atomic mass is 10.1. The average molecular weight is 210 g/mol. The van der Waals surface area contributed by atoms with Gasteiger partial charge in [0, 0.05) is 6.07 Å². The first kappa shape index (κ1) is 11.0. The van der Waals surface area contributed by atoms with E-state index in [0.29, 0.717) is 0 Å². The number of rotatable bonds is 4. The lowest BCUT2D eigenvalue weighted by Gasteiger charge is -2.00. The second-order valence-corrected chi connectivity index (χ2v) is 2.73. The molecule has 6 heteroatoms. The third-order valence-electron chi connectivity index (χ3n) is 1.81. The van der Waals surface area contributed by atoms with Crippen LogP contribution in [0.2, 0.25) is 0 Å². The van der Waals surface area contributed by atoms with Crippen LogP contribution in [0, 0.1) is 15.9 Å². The molecule has 0 N–H and O–H groups in total. The number of isocyanates is 1. The summed E-state index contributed by atoms with van der Waals surface area (Å²) in [7, 11) is 0. The van der Waals surface area contributed by atoms with Crippen LogP contribution in [-0.4, -0.2) is 17.5 Å². The van der Waals surface area contributed by atoms with Gasteiger partial charge in [-0.25, -0.2) is 9.79 Å². The van der Waals surface area contributed by atoms with Crippen molar-refractivity contribution in [3.05, 3.63) is 39.7 Å². The first-order chi connectivity index (χ1) is 7.16. The number of benzene rings is 1. The lowest BCUT2D eigenvalue weighted by Crippen LogP contribution is -1.99. The Morgan fingerprint density at radius 3 is 2.87 bits per heavy atom. The van der Waals surface area contributed by atoms with Gasteiger partial charge in [-0.3, -0.25) is 10.1 Å². The van der Waals surface area contributed by atoms with Gasteiger partial charge in [0.25, 0.3) is 0 Å². The zero-order valence-corrected chi connectivity index (χ0v) is 7.64. The van der Waals surface area contributed by atoms with Crippen molar-refractivity contribution < 1.29 is 14.1 Å². The fourth-order valence-corrected chi connectivity index (χ4v) is 1.12. The molecule has 0 aliphatic rings. The smallest absolute Gasteiger partial charge is 0.258 e. The Bertz CT molecular complexity index is 427. The molecule has 0 saturated heterocycles. The van der Waals surface area contributed by atoms with Crippen molar-refractivity contribution in [2.24, 2.45) is 4.99 Å². The molecule has 0 aliphatic carbocycles. The van der Waals surface area contributed by atoms with Crippen LogP contribution in [0.5, 0.6) is 0 Å². The van der Waals surface area contributed by atoms with Crippen molar-refractivity contribution in [3.8, 4) is 0 Å². The molecule has 0 bridgehead atoms. The molecule has 78 valence electrons. The van der Waals surface area contributed by atoms with Gasteiger partial charge in [-0.05, 0) is 12.0 Å². The van der Waals surface area contributed by atoms with Gasteiger partial charge >= 0.3 is 5.69 Å². The second kappa shape index (κ2) is 4.97. The first-order valence-corrected chi connectivity index (χ1v) is 4.12. The van der Waals surface area contributed by atoms with E-state index in [-0.39, 0.29) is 18.5 Å². The third-order valence-corrected chi connectivity index (χ3v) is 1.81. The van der Waals surface area contributed by atoms with Crippen LogP contribution in [0.15, 0.2) is 23.2 Å². The number of halogens is 1. The van der Waals surface area contributed by atoms with Crippen molar-refractivity contribution >= 4 is 11.8 Å². The van der Waals surface area contributed by atoms with Gasteiger partial charge in [-0.1, -0.05) is 12.1 Å². The quantitative estimate of drug-likeness (QED) is 0.328. The zero-order valence-electron chi connectivity index (χ0n) is 7.64. The summed E-state index contributed by atoms with van der Waals surface area (Å²) in [5.41, 5.74) is -0.397. The zero-order chi connectivity index (χ0) is 11.3. The molecular formula is C9H7FN2O3. The van der Waals surface area contributed by atoms with Crippen molar-refractivity contribution in [1.29, 1.82) is 0 Å². The number of aliphatic imine (C=N–C) groups is 1. The normalized spacial score (nSPS) is 9.40. The van der Waals surface area contributed by atoms with Crippen LogP contribution < -0.4 is 0 Å². The van der Waals surface area contributed by atoms with E-state index in [4.69, 9.17) is 0 Å². The molecule has 0 saturated carbocycles. The highest BCUT2D eigenvalue weighted by molar-refractivity contribution is 5.37. The van der Waals surface area contributed by atoms with Crippen molar-refractivity contribution in [3.63, 3.8) is 0 Å². The van der Waals surface area contributed by atoms with E-state index < -0.39 is 16.4 Å². The summed E-state index contributed by atoms with van der Waals surface area (Å²) in [6, 6.07) is 3.89. The predicted molar refractivity (Wildman–Crippen MR) is 49.7 cm³/mol. The van der Waals surface area contributed by atoms with Crippen LogP contribution in [-0.2, 0) is 11.2 Å². The van der Waals surface area contributed by atoms with E-state index in [9.17, 15) is 19.3 Å². The van der Waals surface area contributed by atoms with Gasteiger partial charge in [-0.15, -0.1) is 0 Å². The maximum atomic E-state index is 13.4. The van der Waals surface area contributed by atoms with Gasteiger partial charge in [0.1, 0.15) is 0 Å². The van der Waals surface area contributed by atoms with Gasteiger partial charge in [0.15, 0.2) is 0 Å². The van der Waals surface area contributed by atoms with E-state index in [1.807, 2.05) is 0 Å². The predicted octanol–water partition coefficient (Wildman–Crippen LogP) is 1.61. The Balaban J connectivity index is 2.94. The maximum Gasteiger partial charge on any atom is 0.305 e. The summed E-state index contributed by atoms with van der Waals surface area (Å²) >= 11 is 0. The minimum Gasteiger partial charge on any atom is -0.258 e. The van der Waals surface area contributed by atoms with E-state index in [1.165, 1.54) is 18.2 Å². The summed E-state index contributed by atoms with van der Waals surface area (Å²) < 4.78 is 13.4. The molecule has 1 aromatic rings. The summed E-state index contributed by atoms with van der Waals surface area (Å²) in [6.45, 7) is 0.0710. The Labute approximate surface area is 84.4 Å². The van der Waals surface area contributed by atoms with Crippen molar-refractivity contribution in [2.45, 2.75) is 6.42 Å². The van der Waals surface area contributed by atoms with Crippen LogP contribution >= 0.6 is 0 Å². The highest BCUT2D eigenvalue weighted by atomic mass is 19.1. The van der Waals surface area contributed by atoms with E-state index in [1.54, 1.807) is 0 Å². The number of hydrogen-bond donors (Lipinski definition) is 0. The number of nitrogens with zero attached hydrogens (tertiary/aromatic N) is 2. The van der Waals surface area contributed by atoms with Crippen LogP contribution in [0.1, 0.15) is 5.56 Å². The molecule has 0 radical (unpaired) electrons. The summed E-state index contributed by atoms with van der Waals surface area (Å²) in [5.74, 6) is -0.872. The Morgan fingerprint density at radius 1 is 1.53 bits per heavy atom. The molecular weight excluding hydrogens is 203 g/mol. The molecule has 1 rings (SSSR count). The fourth-order valence-electron chi connectivity index (χ4n) is 1.12. The molecule has 0 aliphatic heterocycles. The largest absolute Gasteiger partial charge is 0.305 e. The Morgan fingerprint density at radius 2 is 2.27 bits per heavy atom. The summed E-state index contributed by atoms with van der Waals surface area (Å²) in [5, 5.41) is 10.4. The molecule has 0 aromatic heterocycles. The van der Waals surface area contributed by atoms with Gasteiger partial charge < -0.3 is 0 Å². The molecule has 0 heterocycles. The van der Waals surface area contributed by atoms with Crippen molar-refractivity contribution in [2.75, 3.05) is 6.54 Å². The van der Waals surface area contributed by atoms with Gasteiger partial charge in [0.05, 0.1) is 11.5 Å². The fraction of sp³-hybridized carbons (Fsp3) is 0.222. The number of hydrogen-bond acceptors (Lipinski definition) is 4. The molecule has 5 nitrogen and oxygen atoms in total. The minimum absolute atomic E-state index is 0.0710. The number of nitro groups is 1. The molecule has 0 amide bonds. The summed E-state index contributed by atoms with van der Waals surface area (Å²) in [6.07, 6.45) is 1.46. The van der Waals surface area contributed by atoms with Gasteiger partial charge in [-0.2, -0.15) is 4.39 Å². The van der Waals surface area contributed by atoms with Crippen LogP contribution in [0.4, 0.5) is 10.1 Å². The molecule has 0 spiro atoms. The standard InChI is InChI=1S/C9H7FN2O3/c10-9-7(4-5-11-6-13)2-1-3-8(9)12(14)15/h1-3H,4-5H2.